The Morgan fingerprint density at radius 3 is 2.56 bits per heavy atom. The van der Waals surface area contributed by atoms with Crippen LogP contribution in [-0.4, -0.2) is 5.78 Å². The maximum Gasteiger partial charge on any atom is 0.163 e. The van der Waals surface area contributed by atoms with E-state index in [-0.39, 0.29) is 5.78 Å². The Labute approximate surface area is 93.9 Å². The molecule has 0 spiro atoms. The largest absolute Gasteiger partial charge is 0.469 e. The number of nitrogen functional groups attached to an aromatic ring is 1. The molecule has 0 saturated carbocycles. The highest BCUT2D eigenvalue weighted by molar-refractivity contribution is 5.96. The van der Waals surface area contributed by atoms with Crippen LogP contribution >= 0.6 is 0 Å². The van der Waals surface area contributed by atoms with Crippen molar-refractivity contribution < 1.29 is 9.21 Å². The molecule has 1 aromatic heterocycles. The van der Waals surface area contributed by atoms with E-state index in [9.17, 15) is 4.79 Å². The smallest absolute Gasteiger partial charge is 0.163 e. The fraction of sp³-hybridized carbons (Fsp3) is 0.154. The summed E-state index contributed by atoms with van der Waals surface area (Å²) in [4.78, 5) is 11.8. The molecule has 16 heavy (non-hydrogen) atoms. The van der Waals surface area contributed by atoms with Crippen LogP contribution in [0, 0.1) is 0 Å². The molecule has 0 aliphatic rings. The number of hydrogen-bond donors (Lipinski definition) is 1. The van der Waals surface area contributed by atoms with Crippen molar-refractivity contribution in [1.29, 1.82) is 0 Å². The lowest BCUT2D eigenvalue weighted by Gasteiger charge is -2.00. The van der Waals surface area contributed by atoms with Gasteiger partial charge < -0.3 is 10.2 Å². The first-order valence-corrected chi connectivity index (χ1v) is 5.17. The summed E-state index contributed by atoms with van der Waals surface area (Å²) < 4.78 is 5.17. The van der Waals surface area contributed by atoms with Crippen molar-refractivity contribution in [1.82, 2.24) is 0 Å². The molecule has 1 aromatic carbocycles. The first kappa shape index (κ1) is 10.5. The molecule has 0 fully saturated rings. The molecule has 0 unspecified atom stereocenters. The van der Waals surface area contributed by atoms with Gasteiger partial charge in [-0.1, -0.05) is 0 Å². The Morgan fingerprint density at radius 1 is 1.19 bits per heavy atom. The second-order valence-corrected chi connectivity index (χ2v) is 3.62. The molecule has 3 nitrogen and oxygen atoms in total. The summed E-state index contributed by atoms with van der Waals surface area (Å²) in [7, 11) is 0. The van der Waals surface area contributed by atoms with Gasteiger partial charge in [-0.15, -0.1) is 0 Å². The predicted octanol–water partition coefficient (Wildman–Crippen LogP) is 2.68. The summed E-state index contributed by atoms with van der Waals surface area (Å²) in [6.07, 6.45) is 2.71. The second-order valence-electron chi connectivity index (χ2n) is 3.62. The van der Waals surface area contributed by atoms with Gasteiger partial charge in [0, 0.05) is 24.1 Å². The van der Waals surface area contributed by atoms with E-state index in [2.05, 4.69) is 0 Å². The zero-order valence-corrected chi connectivity index (χ0v) is 8.85. The SMILES string of the molecule is Nc1ccc(C(=O)CCc2ccco2)cc1. The third-order valence-electron chi connectivity index (χ3n) is 2.41. The molecule has 2 N–H and O–H groups in total. The lowest BCUT2D eigenvalue weighted by molar-refractivity contribution is 0.0981. The van der Waals surface area contributed by atoms with Gasteiger partial charge in [0.05, 0.1) is 6.26 Å². The fourth-order valence-electron chi connectivity index (χ4n) is 1.50. The fourth-order valence-corrected chi connectivity index (χ4v) is 1.50. The van der Waals surface area contributed by atoms with Crippen LogP contribution in [-0.2, 0) is 6.42 Å². The van der Waals surface area contributed by atoms with Gasteiger partial charge in [-0.3, -0.25) is 4.79 Å². The van der Waals surface area contributed by atoms with Crippen LogP contribution < -0.4 is 5.73 Å². The predicted molar refractivity (Wildman–Crippen MR) is 62.2 cm³/mol. The van der Waals surface area contributed by atoms with E-state index >= 15 is 0 Å². The number of furan rings is 1. The normalized spacial score (nSPS) is 10.2. The van der Waals surface area contributed by atoms with Crippen LogP contribution in [0.5, 0.6) is 0 Å². The third-order valence-corrected chi connectivity index (χ3v) is 2.41. The van der Waals surface area contributed by atoms with Crippen molar-refractivity contribution in [2.45, 2.75) is 12.8 Å². The van der Waals surface area contributed by atoms with E-state index in [0.29, 0.717) is 24.1 Å². The van der Waals surface area contributed by atoms with Crippen molar-refractivity contribution in [2.24, 2.45) is 0 Å². The summed E-state index contributed by atoms with van der Waals surface area (Å²) >= 11 is 0. The van der Waals surface area contributed by atoms with Gasteiger partial charge in [-0.05, 0) is 36.4 Å². The number of carbonyl (C=O) groups is 1. The van der Waals surface area contributed by atoms with Crippen molar-refractivity contribution in [3.05, 3.63) is 54.0 Å². The molecule has 0 amide bonds. The summed E-state index contributed by atoms with van der Waals surface area (Å²) in [5, 5.41) is 0. The minimum absolute atomic E-state index is 0.108. The monoisotopic (exact) mass is 215 g/mol. The molecule has 0 aliphatic heterocycles. The Balaban J connectivity index is 1.95. The number of nitrogens with two attached hydrogens (primary N) is 1. The van der Waals surface area contributed by atoms with Crippen LogP contribution in [0.15, 0.2) is 47.1 Å². The van der Waals surface area contributed by atoms with Gasteiger partial charge in [0.25, 0.3) is 0 Å². The van der Waals surface area contributed by atoms with Crippen LogP contribution in [0.1, 0.15) is 22.5 Å². The van der Waals surface area contributed by atoms with Gasteiger partial charge in [-0.25, -0.2) is 0 Å². The lowest BCUT2D eigenvalue weighted by Crippen LogP contribution is -2.00. The molecule has 2 aromatic rings. The Hall–Kier alpha value is -2.03. The van der Waals surface area contributed by atoms with E-state index in [4.69, 9.17) is 10.2 Å². The molecule has 0 atom stereocenters. The highest BCUT2D eigenvalue weighted by Gasteiger charge is 2.06. The molecule has 0 radical (unpaired) electrons. The summed E-state index contributed by atoms with van der Waals surface area (Å²) in [5.74, 6) is 0.945. The number of hydrogen-bond acceptors (Lipinski definition) is 3. The molecule has 1 heterocycles. The average Bonchev–Trinajstić information content (AvgIpc) is 2.80. The van der Waals surface area contributed by atoms with Gasteiger partial charge >= 0.3 is 0 Å². The molecule has 2 rings (SSSR count). The summed E-state index contributed by atoms with van der Waals surface area (Å²) in [5.41, 5.74) is 6.92. The summed E-state index contributed by atoms with van der Waals surface area (Å²) in [6.45, 7) is 0. The van der Waals surface area contributed by atoms with Crippen LogP contribution in [0.2, 0.25) is 0 Å². The third kappa shape index (κ3) is 2.51. The van der Waals surface area contributed by atoms with Crippen molar-refractivity contribution in [2.75, 3.05) is 5.73 Å². The molecule has 0 bridgehead atoms. The maximum absolute atomic E-state index is 11.8. The zero-order valence-electron chi connectivity index (χ0n) is 8.85. The van der Waals surface area contributed by atoms with E-state index < -0.39 is 0 Å². The highest BCUT2D eigenvalue weighted by Crippen LogP contribution is 2.11. The number of aryl methyl sites for hydroxylation is 1. The Bertz CT molecular complexity index is 457. The second kappa shape index (κ2) is 4.66. The number of rotatable bonds is 4. The number of anilines is 1. The van der Waals surface area contributed by atoms with E-state index in [1.165, 1.54) is 0 Å². The van der Waals surface area contributed by atoms with E-state index in [1.807, 2.05) is 12.1 Å². The molecular weight excluding hydrogens is 202 g/mol. The standard InChI is InChI=1S/C13H13NO2/c14-11-5-3-10(4-6-11)13(15)8-7-12-2-1-9-16-12/h1-6,9H,7-8,14H2. The Kier molecular flexibility index (Phi) is 3.05. The first-order valence-electron chi connectivity index (χ1n) is 5.17. The minimum Gasteiger partial charge on any atom is -0.469 e. The molecule has 0 aliphatic carbocycles. The maximum atomic E-state index is 11.8. The molecule has 3 heteroatoms. The van der Waals surface area contributed by atoms with Crippen molar-refractivity contribution >= 4 is 11.5 Å². The van der Waals surface area contributed by atoms with Gasteiger partial charge in [-0.2, -0.15) is 0 Å². The zero-order chi connectivity index (χ0) is 11.4. The van der Waals surface area contributed by atoms with Crippen LogP contribution in [0.4, 0.5) is 5.69 Å². The van der Waals surface area contributed by atoms with Crippen molar-refractivity contribution in [3.63, 3.8) is 0 Å². The quantitative estimate of drug-likeness (QED) is 0.630. The number of ketones is 1. The van der Waals surface area contributed by atoms with Crippen LogP contribution in [0.3, 0.4) is 0 Å². The number of Topliss-reactive ketones (excluding diaryl/α,β-unsaturated/α-hetero) is 1. The molecular formula is C13H13NO2. The minimum atomic E-state index is 0.108. The average molecular weight is 215 g/mol. The number of carbonyl (C=O) groups excluding carboxylic acids is 1. The van der Waals surface area contributed by atoms with Crippen molar-refractivity contribution in [3.8, 4) is 0 Å². The lowest BCUT2D eigenvalue weighted by atomic mass is 10.1. The number of benzene rings is 1. The van der Waals surface area contributed by atoms with E-state index in [1.54, 1.807) is 30.5 Å². The molecule has 0 saturated heterocycles. The van der Waals surface area contributed by atoms with Gasteiger partial charge in [0.15, 0.2) is 5.78 Å². The first-order chi connectivity index (χ1) is 7.75. The Morgan fingerprint density at radius 2 is 1.94 bits per heavy atom. The van der Waals surface area contributed by atoms with Gasteiger partial charge in [0.2, 0.25) is 0 Å². The molecule has 82 valence electrons. The van der Waals surface area contributed by atoms with E-state index in [0.717, 1.165) is 5.76 Å². The summed E-state index contributed by atoms with van der Waals surface area (Å²) in [6, 6.07) is 10.7. The van der Waals surface area contributed by atoms with Crippen LogP contribution in [0.25, 0.3) is 0 Å². The van der Waals surface area contributed by atoms with Gasteiger partial charge in [0.1, 0.15) is 5.76 Å². The highest BCUT2D eigenvalue weighted by atomic mass is 16.3. The topological polar surface area (TPSA) is 56.2 Å².